The fourth-order valence-corrected chi connectivity index (χ4v) is 3.61. The number of nitrogens with one attached hydrogen (secondary N) is 2. The van der Waals surface area contributed by atoms with E-state index >= 15 is 0 Å². The number of aliphatic hydroxyl groups is 1. The Morgan fingerprint density at radius 1 is 1.42 bits per heavy atom. The number of rotatable bonds is 6. The average molecular weight is 385 g/mol. The summed E-state index contributed by atoms with van der Waals surface area (Å²) in [6, 6.07) is -1.32. The van der Waals surface area contributed by atoms with Crippen molar-refractivity contribution in [3.63, 3.8) is 0 Å². The van der Waals surface area contributed by atoms with Gasteiger partial charge < -0.3 is 10.4 Å². The second-order valence-corrected chi connectivity index (χ2v) is 7.92. The third-order valence-corrected chi connectivity index (χ3v) is 5.40. The molecule has 0 aromatic rings. The molecule has 3 unspecified atom stereocenters. The van der Waals surface area contributed by atoms with Gasteiger partial charge in [-0.1, -0.05) is 6.08 Å². The fraction of sp³-hybridized carbons (Fsp3) is 0.600. The zero-order chi connectivity index (χ0) is 18.5. The minimum atomic E-state index is -4.64. The van der Waals surface area contributed by atoms with E-state index in [9.17, 15) is 21.4 Å². The minimum Gasteiger partial charge on any atom is -0.381 e. The van der Waals surface area contributed by atoms with Crippen LogP contribution in [0.3, 0.4) is 0 Å². The van der Waals surface area contributed by atoms with Crippen molar-refractivity contribution in [2.45, 2.75) is 30.4 Å². The molecule has 7 N–H and O–H groups in total. The van der Waals surface area contributed by atoms with Crippen molar-refractivity contribution in [3.8, 4) is 0 Å². The molecule has 0 heterocycles. The summed E-state index contributed by atoms with van der Waals surface area (Å²) in [7, 11) is -9.06. The highest BCUT2D eigenvalue weighted by molar-refractivity contribution is 7.90. The summed E-state index contributed by atoms with van der Waals surface area (Å²) in [5.74, 6) is -0.251. The summed E-state index contributed by atoms with van der Waals surface area (Å²) in [6.07, 6.45) is -0.722. The van der Waals surface area contributed by atoms with E-state index in [1.54, 1.807) is 0 Å². The second kappa shape index (κ2) is 8.11. The van der Waals surface area contributed by atoms with Crippen molar-refractivity contribution in [3.05, 3.63) is 11.0 Å². The molecule has 0 spiro atoms. The molecule has 0 fully saturated rings. The highest BCUT2D eigenvalue weighted by Gasteiger charge is 2.36. The Hall–Kier alpha value is -1.42. The van der Waals surface area contributed by atoms with Crippen molar-refractivity contribution in [2.75, 3.05) is 6.73 Å². The van der Waals surface area contributed by atoms with Crippen molar-refractivity contribution in [2.24, 2.45) is 15.7 Å². The molecule has 138 valence electrons. The predicted molar refractivity (Wildman–Crippen MR) is 86.3 cm³/mol. The first kappa shape index (κ1) is 20.6. The molecule has 0 saturated carbocycles. The van der Waals surface area contributed by atoms with E-state index in [-0.39, 0.29) is 12.4 Å². The molecule has 0 aliphatic heterocycles. The zero-order valence-electron chi connectivity index (χ0n) is 12.4. The van der Waals surface area contributed by atoms with Crippen LogP contribution in [0, 0.1) is 0 Å². The molecule has 0 saturated heterocycles. The Balaban J connectivity index is 3.17. The van der Waals surface area contributed by atoms with Gasteiger partial charge in [0.25, 0.3) is 20.2 Å². The molecule has 3 atom stereocenters. The number of nitrogens with zero attached hydrogens (tertiary/aromatic N) is 2. The van der Waals surface area contributed by atoms with Crippen LogP contribution in [-0.4, -0.2) is 68.0 Å². The molecule has 1 aliphatic rings. The van der Waals surface area contributed by atoms with Gasteiger partial charge in [0.15, 0.2) is 0 Å². The quantitative estimate of drug-likeness (QED) is 0.124. The van der Waals surface area contributed by atoms with E-state index in [4.69, 9.17) is 15.4 Å². The largest absolute Gasteiger partial charge is 0.381 e. The minimum absolute atomic E-state index is 0.251. The first-order chi connectivity index (χ1) is 11.0. The summed E-state index contributed by atoms with van der Waals surface area (Å²) in [5, 5.41) is 12.2. The maximum atomic E-state index is 11.4. The van der Waals surface area contributed by atoms with Crippen molar-refractivity contribution < 1.29 is 31.0 Å². The monoisotopic (exact) mass is 385 g/mol. The maximum Gasteiger partial charge on any atom is 0.292 e. The number of guanidine groups is 1. The summed E-state index contributed by atoms with van der Waals surface area (Å²) < 4.78 is 63.7. The Kier molecular flexibility index (Phi) is 6.97. The van der Waals surface area contributed by atoms with Crippen LogP contribution < -0.4 is 16.4 Å². The van der Waals surface area contributed by atoms with Crippen LogP contribution in [0.15, 0.2) is 21.0 Å². The van der Waals surface area contributed by atoms with Gasteiger partial charge in [0.1, 0.15) is 6.29 Å². The molecule has 0 aromatic heterocycles. The number of hydrogen-bond acceptors (Lipinski definition) is 8. The number of nitrogens with two attached hydrogens (primary N) is 1. The molecule has 24 heavy (non-hydrogen) atoms. The second-order valence-electron chi connectivity index (χ2n) is 4.80. The number of hydrogen-bond donors (Lipinski definition) is 6. The Labute approximate surface area is 139 Å². The van der Waals surface area contributed by atoms with E-state index in [2.05, 4.69) is 27.3 Å². The molecule has 0 amide bonds. The van der Waals surface area contributed by atoms with E-state index in [1.807, 2.05) is 0 Å². The SMILES string of the molecule is C=NC(=NC1CC(S(=O)(=O)O)CC=C1S(=O)(=O)O)NC(N)NCO. The van der Waals surface area contributed by atoms with Gasteiger partial charge in [-0.05, 0) is 19.6 Å². The molecule has 12 nitrogen and oxygen atoms in total. The maximum absolute atomic E-state index is 11.4. The van der Waals surface area contributed by atoms with Gasteiger partial charge >= 0.3 is 0 Å². The Morgan fingerprint density at radius 3 is 2.50 bits per heavy atom. The first-order valence-electron chi connectivity index (χ1n) is 6.53. The number of aliphatic hydroxyl groups excluding tert-OH is 1. The van der Waals surface area contributed by atoms with Gasteiger partial charge in [-0.3, -0.25) is 20.2 Å². The smallest absolute Gasteiger partial charge is 0.292 e. The van der Waals surface area contributed by atoms with Crippen molar-refractivity contribution >= 4 is 32.9 Å². The van der Waals surface area contributed by atoms with Crippen LogP contribution in [0.2, 0.25) is 0 Å². The Morgan fingerprint density at radius 2 is 2.04 bits per heavy atom. The third kappa shape index (κ3) is 5.90. The van der Waals surface area contributed by atoms with Crippen LogP contribution in [0.5, 0.6) is 0 Å². The van der Waals surface area contributed by atoms with Gasteiger partial charge in [0.05, 0.1) is 22.9 Å². The van der Waals surface area contributed by atoms with E-state index in [1.165, 1.54) is 0 Å². The van der Waals surface area contributed by atoms with Gasteiger partial charge in [-0.2, -0.15) is 16.8 Å². The molecular formula is C10H19N5O7S2. The van der Waals surface area contributed by atoms with Crippen LogP contribution in [-0.2, 0) is 20.2 Å². The molecule has 1 aliphatic carbocycles. The number of aliphatic imine (C=N–C) groups is 2. The van der Waals surface area contributed by atoms with E-state index in [0.29, 0.717) is 0 Å². The lowest BCUT2D eigenvalue weighted by Crippen LogP contribution is -2.52. The molecule has 0 aromatic carbocycles. The lowest BCUT2D eigenvalue weighted by atomic mass is 10.0. The molecule has 1 rings (SSSR count). The van der Waals surface area contributed by atoms with Crippen LogP contribution in [0.4, 0.5) is 0 Å². The van der Waals surface area contributed by atoms with Gasteiger partial charge in [0.2, 0.25) is 5.96 Å². The highest BCUT2D eigenvalue weighted by Crippen LogP contribution is 2.29. The van der Waals surface area contributed by atoms with E-state index < -0.39 is 55.9 Å². The summed E-state index contributed by atoms with van der Waals surface area (Å²) >= 11 is 0. The molecule has 0 bridgehead atoms. The average Bonchev–Trinajstić information content (AvgIpc) is 2.44. The fourth-order valence-electron chi connectivity index (χ4n) is 2.04. The lowest BCUT2D eigenvalue weighted by molar-refractivity contribution is 0.237. The predicted octanol–water partition coefficient (Wildman–Crippen LogP) is -2.40. The highest BCUT2D eigenvalue weighted by atomic mass is 32.2. The summed E-state index contributed by atoms with van der Waals surface area (Å²) in [5.41, 5.74) is 5.51. The third-order valence-electron chi connectivity index (χ3n) is 3.14. The zero-order valence-corrected chi connectivity index (χ0v) is 14.0. The molecule has 14 heteroatoms. The van der Waals surface area contributed by atoms with Crippen molar-refractivity contribution in [1.82, 2.24) is 10.6 Å². The number of allylic oxidation sites excluding steroid dienone is 1. The van der Waals surface area contributed by atoms with Gasteiger partial charge in [-0.25, -0.2) is 9.98 Å². The molecular weight excluding hydrogens is 366 g/mol. The summed E-state index contributed by atoms with van der Waals surface area (Å²) in [6.45, 7) is 2.74. The molecule has 0 radical (unpaired) electrons. The lowest BCUT2D eigenvalue weighted by Gasteiger charge is -2.25. The van der Waals surface area contributed by atoms with E-state index in [0.717, 1.165) is 6.08 Å². The van der Waals surface area contributed by atoms with Crippen LogP contribution in [0.1, 0.15) is 12.8 Å². The Bertz CT molecular complexity index is 731. The summed E-state index contributed by atoms with van der Waals surface area (Å²) in [4.78, 5) is 6.84. The van der Waals surface area contributed by atoms with Gasteiger partial charge in [-0.15, -0.1) is 0 Å². The van der Waals surface area contributed by atoms with Crippen molar-refractivity contribution in [1.29, 1.82) is 0 Å². The standard InChI is InChI=1S/C10H19N5O7S2/c1-12-10(15-9(11)13-5-16)14-7-4-6(23(17,18)19)2-3-8(7)24(20,21)22/h3,6-7,9,13,16H,1-2,4-5,11H2,(H,14,15)(H,17,18,19)(H,20,21,22). The topological polar surface area (TPSA) is 204 Å². The van der Waals surface area contributed by atoms with Gasteiger partial charge in [0, 0.05) is 0 Å². The normalized spacial score (nSPS) is 24.2. The van der Waals surface area contributed by atoms with Crippen LogP contribution >= 0.6 is 0 Å². The van der Waals surface area contributed by atoms with Crippen LogP contribution in [0.25, 0.3) is 0 Å². The first-order valence-corrected chi connectivity index (χ1v) is 9.48.